The number of ether oxygens (including phenoxy) is 1. The summed E-state index contributed by atoms with van der Waals surface area (Å²) < 4.78 is 5.33. The van der Waals surface area contributed by atoms with Crippen LogP contribution in [0.3, 0.4) is 0 Å². The lowest BCUT2D eigenvalue weighted by molar-refractivity contribution is 0.361. The zero-order valence-electron chi connectivity index (χ0n) is 14.8. The number of rotatable bonds is 4. The van der Waals surface area contributed by atoms with Gasteiger partial charge in [0.25, 0.3) is 0 Å². The van der Waals surface area contributed by atoms with E-state index < -0.39 is 0 Å². The molecule has 1 fully saturated rings. The lowest BCUT2D eigenvalue weighted by Gasteiger charge is -2.39. The summed E-state index contributed by atoms with van der Waals surface area (Å²) in [5.41, 5.74) is 4.81. The van der Waals surface area contributed by atoms with E-state index in [2.05, 4.69) is 51.9 Å². The second-order valence-corrected chi connectivity index (χ2v) is 7.15. The second kappa shape index (κ2) is 7.14. The standard InChI is InChI=1S/C21H22ClN3O/c1-26-20-7-6-18(12-19(20)22)21(8-10-23-11-9-21)17-4-2-15(3-5-17)16-13-24-25-14-16/h2-7,12-14,23H,8-11H2,1H3,(H,24,25). The number of benzene rings is 2. The molecule has 0 bridgehead atoms. The number of hydrogen-bond donors (Lipinski definition) is 2. The third-order valence-electron chi connectivity index (χ3n) is 5.43. The first-order valence-electron chi connectivity index (χ1n) is 8.87. The lowest BCUT2D eigenvalue weighted by Crippen LogP contribution is -2.40. The molecule has 0 radical (unpaired) electrons. The number of nitrogens with zero attached hydrogens (tertiary/aromatic N) is 1. The number of halogens is 1. The molecule has 2 N–H and O–H groups in total. The normalized spacial score (nSPS) is 16.4. The minimum absolute atomic E-state index is 0.0317. The zero-order valence-corrected chi connectivity index (χ0v) is 15.5. The van der Waals surface area contributed by atoms with E-state index in [1.807, 2.05) is 18.5 Å². The highest BCUT2D eigenvalue weighted by Crippen LogP contribution is 2.42. The number of hydrogen-bond acceptors (Lipinski definition) is 3. The van der Waals surface area contributed by atoms with Crippen molar-refractivity contribution in [2.75, 3.05) is 20.2 Å². The molecule has 134 valence electrons. The van der Waals surface area contributed by atoms with Crippen molar-refractivity contribution >= 4 is 11.6 Å². The van der Waals surface area contributed by atoms with Crippen LogP contribution in [0.15, 0.2) is 54.9 Å². The zero-order chi connectivity index (χ0) is 18.0. The van der Waals surface area contributed by atoms with Gasteiger partial charge in [-0.15, -0.1) is 0 Å². The van der Waals surface area contributed by atoms with Crippen LogP contribution in [0.25, 0.3) is 11.1 Å². The van der Waals surface area contributed by atoms with Crippen LogP contribution in [-0.2, 0) is 5.41 Å². The molecular weight excluding hydrogens is 346 g/mol. The molecule has 0 amide bonds. The Labute approximate surface area is 158 Å². The largest absolute Gasteiger partial charge is 0.495 e. The quantitative estimate of drug-likeness (QED) is 0.718. The van der Waals surface area contributed by atoms with Gasteiger partial charge in [0.15, 0.2) is 0 Å². The predicted octanol–water partition coefficient (Wildman–Crippen LogP) is 4.41. The molecule has 2 heterocycles. The SMILES string of the molecule is COc1ccc(C2(c3ccc(-c4cn[nH]c4)cc3)CCNCC2)cc1Cl. The average Bonchev–Trinajstić information content (AvgIpc) is 3.23. The topological polar surface area (TPSA) is 49.9 Å². The van der Waals surface area contributed by atoms with Gasteiger partial charge in [-0.2, -0.15) is 5.10 Å². The first-order chi connectivity index (χ1) is 12.7. The fourth-order valence-electron chi connectivity index (χ4n) is 3.95. The van der Waals surface area contributed by atoms with E-state index in [9.17, 15) is 0 Å². The Balaban J connectivity index is 1.76. The van der Waals surface area contributed by atoms with Crippen molar-refractivity contribution in [3.8, 4) is 16.9 Å². The molecule has 4 rings (SSSR count). The molecule has 0 unspecified atom stereocenters. The van der Waals surface area contributed by atoms with Crippen LogP contribution in [0.2, 0.25) is 5.02 Å². The Morgan fingerprint density at radius 2 is 1.73 bits per heavy atom. The first-order valence-corrected chi connectivity index (χ1v) is 9.25. The molecular formula is C21H22ClN3O. The van der Waals surface area contributed by atoms with Gasteiger partial charge in [0.05, 0.1) is 18.3 Å². The minimum Gasteiger partial charge on any atom is -0.495 e. The highest BCUT2D eigenvalue weighted by Gasteiger charge is 2.36. The number of methoxy groups -OCH3 is 1. The molecule has 26 heavy (non-hydrogen) atoms. The van der Waals surface area contributed by atoms with Gasteiger partial charge in [0, 0.05) is 17.2 Å². The molecule has 3 aromatic rings. The molecule has 1 saturated heterocycles. The van der Waals surface area contributed by atoms with E-state index in [0.717, 1.165) is 37.2 Å². The summed E-state index contributed by atoms with van der Waals surface area (Å²) in [6, 6.07) is 15.0. The second-order valence-electron chi connectivity index (χ2n) is 6.75. The smallest absolute Gasteiger partial charge is 0.137 e. The van der Waals surface area contributed by atoms with Gasteiger partial charge in [-0.05, 0) is 54.8 Å². The Hall–Kier alpha value is -2.30. The predicted molar refractivity (Wildman–Crippen MR) is 105 cm³/mol. The van der Waals surface area contributed by atoms with E-state index in [1.165, 1.54) is 16.7 Å². The van der Waals surface area contributed by atoms with Crippen molar-refractivity contribution in [3.63, 3.8) is 0 Å². The van der Waals surface area contributed by atoms with Crippen molar-refractivity contribution in [2.24, 2.45) is 0 Å². The summed E-state index contributed by atoms with van der Waals surface area (Å²) >= 11 is 6.44. The Bertz CT molecular complexity index is 869. The number of H-pyrrole nitrogens is 1. The maximum Gasteiger partial charge on any atom is 0.137 e. The van der Waals surface area contributed by atoms with E-state index in [-0.39, 0.29) is 5.41 Å². The molecule has 4 nitrogen and oxygen atoms in total. The van der Waals surface area contributed by atoms with E-state index in [1.54, 1.807) is 7.11 Å². The molecule has 0 atom stereocenters. The van der Waals surface area contributed by atoms with Crippen molar-refractivity contribution in [3.05, 3.63) is 71.0 Å². The number of piperidine rings is 1. The van der Waals surface area contributed by atoms with Gasteiger partial charge < -0.3 is 10.1 Å². The van der Waals surface area contributed by atoms with Crippen molar-refractivity contribution in [1.29, 1.82) is 0 Å². The summed E-state index contributed by atoms with van der Waals surface area (Å²) in [7, 11) is 1.65. The van der Waals surface area contributed by atoms with Crippen LogP contribution in [0.5, 0.6) is 5.75 Å². The Kier molecular flexibility index (Phi) is 4.70. The highest BCUT2D eigenvalue weighted by molar-refractivity contribution is 6.32. The van der Waals surface area contributed by atoms with Crippen LogP contribution in [0.4, 0.5) is 0 Å². The summed E-state index contributed by atoms with van der Waals surface area (Å²) in [5.74, 6) is 0.717. The summed E-state index contributed by atoms with van der Waals surface area (Å²) in [4.78, 5) is 0. The Morgan fingerprint density at radius 3 is 2.35 bits per heavy atom. The van der Waals surface area contributed by atoms with Crippen molar-refractivity contribution < 1.29 is 4.74 Å². The minimum atomic E-state index is -0.0317. The van der Waals surface area contributed by atoms with Crippen molar-refractivity contribution in [2.45, 2.75) is 18.3 Å². The van der Waals surface area contributed by atoms with Gasteiger partial charge >= 0.3 is 0 Å². The highest BCUT2D eigenvalue weighted by atomic mass is 35.5. The summed E-state index contributed by atoms with van der Waals surface area (Å²) in [6.07, 6.45) is 5.85. The molecule has 0 saturated carbocycles. The van der Waals surface area contributed by atoms with Gasteiger partial charge in [-0.1, -0.05) is 41.9 Å². The summed E-state index contributed by atoms with van der Waals surface area (Å²) in [5, 5.41) is 11.1. The maximum absolute atomic E-state index is 6.44. The third kappa shape index (κ3) is 3.00. The average molecular weight is 368 g/mol. The third-order valence-corrected chi connectivity index (χ3v) is 5.73. The van der Waals surface area contributed by atoms with Crippen molar-refractivity contribution in [1.82, 2.24) is 15.5 Å². The van der Waals surface area contributed by atoms with Crippen LogP contribution in [-0.4, -0.2) is 30.4 Å². The first kappa shape index (κ1) is 17.1. The summed E-state index contributed by atoms with van der Waals surface area (Å²) in [6.45, 7) is 1.99. The molecule has 1 aromatic heterocycles. The molecule has 2 aromatic carbocycles. The van der Waals surface area contributed by atoms with Gasteiger partial charge in [0.1, 0.15) is 5.75 Å². The van der Waals surface area contributed by atoms with E-state index in [0.29, 0.717) is 5.02 Å². The fourth-order valence-corrected chi connectivity index (χ4v) is 4.21. The van der Waals surface area contributed by atoms with Gasteiger partial charge in [-0.3, -0.25) is 5.10 Å². The van der Waals surface area contributed by atoms with E-state index >= 15 is 0 Å². The van der Waals surface area contributed by atoms with Crippen LogP contribution < -0.4 is 10.1 Å². The Morgan fingerprint density at radius 1 is 1.00 bits per heavy atom. The van der Waals surface area contributed by atoms with Gasteiger partial charge in [-0.25, -0.2) is 0 Å². The van der Waals surface area contributed by atoms with Crippen LogP contribution in [0, 0.1) is 0 Å². The van der Waals surface area contributed by atoms with Crippen LogP contribution >= 0.6 is 11.6 Å². The fraction of sp³-hybridized carbons (Fsp3) is 0.286. The molecule has 0 spiro atoms. The molecule has 0 aliphatic carbocycles. The lowest BCUT2D eigenvalue weighted by atomic mass is 9.68. The molecule has 1 aliphatic rings. The molecule has 1 aliphatic heterocycles. The number of nitrogens with one attached hydrogen (secondary N) is 2. The van der Waals surface area contributed by atoms with E-state index in [4.69, 9.17) is 16.3 Å². The van der Waals surface area contributed by atoms with Gasteiger partial charge in [0.2, 0.25) is 0 Å². The maximum atomic E-state index is 6.44. The monoisotopic (exact) mass is 367 g/mol. The molecule has 5 heteroatoms. The van der Waals surface area contributed by atoms with Crippen LogP contribution in [0.1, 0.15) is 24.0 Å². The number of aromatic amines is 1. The number of aromatic nitrogens is 2.